The smallest absolute Gasteiger partial charge is 0.178 e. The molecule has 0 saturated heterocycles. The van der Waals surface area contributed by atoms with Gasteiger partial charge in [0.1, 0.15) is 23.0 Å². The van der Waals surface area contributed by atoms with Gasteiger partial charge in [-0.2, -0.15) is 5.10 Å². The largest absolute Gasteiger partial charge is 0.508 e. The molecular weight excluding hydrogens is 437 g/mol. The van der Waals surface area contributed by atoms with E-state index in [1.807, 2.05) is 12.1 Å². The molecule has 166 valence electrons. The molecule has 0 spiro atoms. The summed E-state index contributed by atoms with van der Waals surface area (Å²) in [6, 6.07) is 9.38. The third kappa shape index (κ3) is 3.28. The topological polar surface area (TPSA) is 125 Å². The lowest BCUT2D eigenvalue weighted by Gasteiger charge is -2.04. The summed E-state index contributed by atoms with van der Waals surface area (Å²) in [6.07, 6.45) is 6.62. The standard InChI is InChI=1S/C24H16FN7O2/c1-34-16-6-13(9-26-10-16)19-8-18-20(11-28-19)31-32-22(18)24-29-21-17(2-3-27-23(21)30-24)12-4-14(25)7-15(33)5-12/h2-11,33H,1H3,(H,31,32)(H,27,29,30). The highest BCUT2D eigenvalue weighted by atomic mass is 19.1. The number of fused-ring (bicyclic) bond motifs is 2. The Balaban J connectivity index is 1.49. The maximum Gasteiger partial charge on any atom is 0.178 e. The summed E-state index contributed by atoms with van der Waals surface area (Å²) in [7, 11) is 1.58. The van der Waals surface area contributed by atoms with Crippen LogP contribution < -0.4 is 4.74 Å². The number of aromatic nitrogens is 7. The number of phenols is 1. The zero-order valence-electron chi connectivity index (χ0n) is 17.7. The molecule has 1 aromatic carbocycles. The predicted molar refractivity (Wildman–Crippen MR) is 124 cm³/mol. The van der Waals surface area contributed by atoms with Gasteiger partial charge in [0, 0.05) is 35.0 Å². The van der Waals surface area contributed by atoms with Crippen molar-refractivity contribution in [2.45, 2.75) is 0 Å². The first kappa shape index (κ1) is 19.8. The van der Waals surface area contributed by atoms with Crippen LogP contribution in [-0.2, 0) is 0 Å². The summed E-state index contributed by atoms with van der Waals surface area (Å²) in [5.74, 6) is 0.420. The number of aromatic amines is 2. The number of phenolic OH excluding ortho intramolecular Hbond substituents is 1. The third-order valence-electron chi connectivity index (χ3n) is 5.50. The number of nitrogens with one attached hydrogen (secondary N) is 2. The van der Waals surface area contributed by atoms with Gasteiger partial charge in [0.2, 0.25) is 0 Å². The molecule has 0 fully saturated rings. The first-order valence-electron chi connectivity index (χ1n) is 10.3. The van der Waals surface area contributed by atoms with Gasteiger partial charge in [-0.25, -0.2) is 14.4 Å². The van der Waals surface area contributed by atoms with Crippen molar-refractivity contribution in [1.82, 2.24) is 35.1 Å². The number of nitrogens with zero attached hydrogens (tertiary/aromatic N) is 5. The molecule has 0 aliphatic heterocycles. The van der Waals surface area contributed by atoms with Gasteiger partial charge in [0.25, 0.3) is 0 Å². The Bertz CT molecular complexity index is 1670. The molecule has 0 bridgehead atoms. The van der Waals surface area contributed by atoms with Crippen LogP contribution in [0.25, 0.3) is 56.0 Å². The van der Waals surface area contributed by atoms with E-state index in [0.29, 0.717) is 45.3 Å². The molecule has 0 atom stereocenters. The zero-order valence-corrected chi connectivity index (χ0v) is 17.7. The summed E-state index contributed by atoms with van der Waals surface area (Å²) in [6.45, 7) is 0. The molecule has 0 unspecified atom stereocenters. The fourth-order valence-corrected chi connectivity index (χ4v) is 3.92. The van der Waals surface area contributed by atoms with E-state index in [1.165, 1.54) is 12.1 Å². The Morgan fingerprint density at radius 1 is 1.00 bits per heavy atom. The molecule has 0 amide bonds. The maximum atomic E-state index is 13.9. The van der Waals surface area contributed by atoms with Crippen molar-refractivity contribution in [3.8, 4) is 45.4 Å². The molecule has 3 N–H and O–H groups in total. The molecular formula is C24H16FN7O2. The van der Waals surface area contributed by atoms with E-state index >= 15 is 0 Å². The molecule has 6 aromatic rings. The van der Waals surface area contributed by atoms with Crippen LogP contribution in [0, 0.1) is 5.82 Å². The number of methoxy groups -OCH3 is 1. The van der Waals surface area contributed by atoms with Crippen LogP contribution >= 0.6 is 0 Å². The SMILES string of the molecule is COc1cncc(-c2cc3c(-c4nc5nccc(-c6cc(O)cc(F)c6)c5[nH]4)n[nH]c3cn2)c1. The highest BCUT2D eigenvalue weighted by Crippen LogP contribution is 2.33. The van der Waals surface area contributed by atoms with Crippen LogP contribution in [0.1, 0.15) is 0 Å². The van der Waals surface area contributed by atoms with Crippen molar-refractivity contribution < 1.29 is 14.2 Å². The highest BCUT2D eigenvalue weighted by molar-refractivity contribution is 5.96. The number of ether oxygens (including phenoxy) is 1. The Morgan fingerprint density at radius 2 is 1.91 bits per heavy atom. The van der Waals surface area contributed by atoms with Crippen LogP contribution in [0.4, 0.5) is 4.39 Å². The lowest BCUT2D eigenvalue weighted by Crippen LogP contribution is -1.89. The summed E-state index contributed by atoms with van der Waals surface area (Å²) in [4.78, 5) is 20.9. The normalized spacial score (nSPS) is 11.4. The molecule has 0 aliphatic rings. The minimum absolute atomic E-state index is 0.162. The molecule has 6 rings (SSSR count). The second-order valence-corrected chi connectivity index (χ2v) is 7.64. The van der Waals surface area contributed by atoms with Crippen molar-refractivity contribution in [1.29, 1.82) is 0 Å². The van der Waals surface area contributed by atoms with E-state index in [0.717, 1.165) is 22.5 Å². The van der Waals surface area contributed by atoms with Gasteiger partial charge in [-0.3, -0.25) is 15.1 Å². The monoisotopic (exact) mass is 453 g/mol. The molecule has 34 heavy (non-hydrogen) atoms. The van der Waals surface area contributed by atoms with E-state index < -0.39 is 5.82 Å². The molecule has 10 heteroatoms. The molecule has 5 heterocycles. The minimum atomic E-state index is -0.537. The highest BCUT2D eigenvalue weighted by Gasteiger charge is 2.17. The lowest BCUT2D eigenvalue weighted by atomic mass is 10.1. The van der Waals surface area contributed by atoms with Crippen LogP contribution in [-0.4, -0.2) is 47.3 Å². The van der Waals surface area contributed by atoms with Crippen LogP contribution in [0.15, 0.2) is 61.2 Å². The average Bonchev–Trinajstić information content (AvgIpc) is 3.46. The number of imidazole rings is 1. The second-order valence-electron chi connectivity index (χ2n) is 7.64. The quantitative estimate of drug-likeness (QED) is 0.359. The first-order valence-corrected chi connectivity index (χ1v) is 10.3. The lowest BCUT2D eigenvalue weighted by molar-refractivity contribution is 0.413. The van der Waals surface area contributed by atoms with Crippen molar-refractivity contribution in [3.05, 3.63) is 67.0 Å². The first-order chi connectivity index (χ1) is 16.6. The third-order valence-corrected chi connectivity index (χ3v) is 5.50. The predicted octanol–water partition coefficient (Wildman–Crippen LogP) is 4.48. The van der Waals surface area contributed by atoms with Gasteiger partial charge in [-0.1, -0.05) is 0 Å². The number of pyridine rings is 3. The summed E-state index contributed by atoms with van der Waals surface area (Å²) < 4.78 is 19.2. The fraction of sp³-hybridized carbons (Fsp3) is 0.0417. The minimum Gasteiger partial charge on any atom is -0.508 e. The molecule has 9 nitrogen and oxygen atoms in total. The maximum absolute atomic E-state index is 13.9. The molecule has 0 radical (unpaired) electrons. The number of benzene rings is 1. The summed E-state index contributed by atoms with van der Waals surface area (Å²) in [5, 5.41) is 18.1. The van der Waals surface area contributed by atoms with Crippen molar-refractivity contribution in [3.63, 3.8) is 0 Å². The van der Waals surface area contributed by atoms with Gasteiger partial charge in [-0.05, 0) is 35.9 Å². The van der Waals surface area contributed by atoms with Gasteiger partial charge >= 0.3 is 0 Å². The number of rotatable bonds is 4. The molecule has 5 aromatic heterocycles. The van der Waals surface area contributed by atoms with Gasteiger partial charge in [0.15, 0.2) is 11.5 Å². The van der Waals surface area contributed by atoms with Crippen LogP contribution in [0.5, 0.6) is 11.5 Å². The average molecular weight is 453 g/mol. The van der Waals surface area contributed by atoms with Crippen LogP contribution in [0.2, 0.25) is 0 Å². The van der Waals surface area contributed by atoms with E-state index in [1.54, 1.807) is 38.0 Å². The van der Waals surface area contributed by atoms with Crippen LogP contribution in [0.3, 0.4) is 0 Å². The van der Waals surface area contributed by atoms with Gasteiger partial charge in [0.05, 0.1) is 36.2 Å². The Labute approximate surface area is 191 Å². The fourth-order valence-electron chi connectivity index (χ4n) is 3.92. The number of halogens is 1. The number of aromatic hydroxyl groups is 1. The van der Waals surface area contributed by atoms with E-state index in [9.17, 15) is 9.50 Å². The zero-order chi connectivity index (χ0) is 23.2. The Morgan fingerprint density at radius 3 is 2.76 bits per heavy atom. The van der Waals surface area contributed by atoms with Gasteiger partial charge in [-0.15, -0.1) is 0 Å². The number of hydrogen-bond acceptors (Lipinski definition) is 7. The summed E-state index contributed by atoms with van der Waals surface area (Å²) in [5.41, 5.74) is 5.02. The van der Waals surface area contributed by atoms with E-state index in [4.69, 9.17) is 4.74 Å². The van der Waals surface area contributed by atoms with Gasteiger partial charge < -0.3 is 14.8 Å². The Kier molecular flexibility index (Phi) is 4.44. The van der Waals surface area contributed by atoms with Crippen molar-refractivity contribution >= 4 is 22.1 Å². The number of H-pyrrole nitrogens is 2. The summed E-state index contributed by atoms with van der Waals surface area (Å²) >= 11 is 0. The Hall–Kier alpha value is -4.86. The van der Waals surface area contributed by atoms with E-state index in [2.05, 4.69) is 35.1 Å². The van der Waals surface area contributed by atoms with Crippen molar-refractivity contribution in [2.24, 2.45) is 0 Å². The number of hydrogen-bond donors (Lipinski definition) is 3. The molecule has 0 saturated carbocycles. The second kappa shape index (κ2) is 7.62. The van der Waals surface area contributed by atoms with E-state index in [-0.39, 0.29) is 5.75 Å². The molecule has 0 aliphatic carbocycles. The van der Waals surface area contributed by atoms with Crippen molar-refractivity contribution in [2.75, 3.05) is 7.11 Å².